The molecule has 1 aromatic rings. The number of nitrogens with zero attached hydrogens (tertiary/aromatic N) is 3. The van der Waals surface area contributed by atoms with Gasteiger partial charge >= 0.3 is 0 Å². The minimum atomic E-state index is 0.247. The molecule has 0 spiro atoms. The number of aryl methyl sites for hydroxylation is 1. The Morgan fingerprint density at radius 1 is 1.50 bits per heavy atom. The summed E-state index contributed by atoms with van der Waals surface area (Å²) in [6, 6.07) is 1.91. The molecule has 1 aromatic heterocycles. The fourth-order valence-electron chi connectivity index (χ4n) is 1.10. The molecule has 0 aliphatic heterocycles. The van der Waals surface area contributed by atoms with Gasteiger partial charge in [-0.2, -0.15) is 5.26 Å². The molecule has 3 nitrogen and oxygen atoms in total. The first-order valence-corrected chi connectivity index (χ1v) is 3.88. The maximum Gasteiger partial charge on any atom is 0.232 e. The van der Waals surface area contributed by atoms with Gasteiger partial charge in [0.1, 0.15) is 6.07 Å². The number of hydrogen-bond donors (Lipinski definition) is 0. The highest BCUT2D eigenvalue weighted by Crippen LogP contribution is 2.15. The Hall–Kier alpha value is -1.43. The van der Waals surface area contributed by atoms with Crippen LogP contribution in [0.1, 0.15) is 36.8 Å². The van der Waals surface area contributed by atoms with Crippen molar-refractivity contribution in [1.29, 1.82) is 5.26 Å². The average molecular weight is 161 g/mol. The third kappa shape index (κ3) is 1.59. The van der Waals surface area contributed by atoms with Crippen LogP contribution in [0.2, 0.25) is 0 Å². The second-order valence-electron chi connectivity index (χ2n) is 3.00. The number of rotatable bonds is 1. The van der Waals surface area contributed by atoms with Crippen molar-refractivity contribution >= 4 is 0 Å². The maximum absolute atomic E-state index is 8.52. The molecule has 12 heavy (non-hydrogen) atoms. The quantitative estimate of drug-likeness (QED) is 0.630. The molecule has 3 heteroatoms. The van der Waals surface area contributed by atoms with E-state index in [0.29, 0.717) is 5.92 Å². The number of aromatic nitrogens is 2. The summed E-state index contributed by atoms with van der Waals surface area (Å²) in [5, 5.41) is 8.52. The number of hydrogen-bond acceptors (Lipinski definition) is 3. The Balaban J connectivity index is 3.14. The molecule has 0 aromatic carbocycles. The first-order valence-electron chi connectivity index (χ1n) is 3.88. The van der Waals surface area contributed by atoms with Gasteiger partial charge in [-0.05, 0) is 18.4 Å². The topological polar surface area (TPSA) is 49.6 Å². The molecule has 1 heterocycles. The van der Waals surface area contributed by atoms with Gasteiger partial charge in [0.05, 0.1) is 0 Å². The van der Waals surface area contributed by atoms with Crippen molar-refractivity contribution in [2.24, 2.45) is 0 Å². The van der Waals surface area contributed by atoms with Crippen LogP contribution in [0.15, 0.2) is 6.20 Å². The SMILES string of the molecule is Cc1nc(C#N)ncc1C(C)C. The Labute approximate surface area is 72.1 Å². The fourth-order valence-corrected chi connectivity index (χ4v) is 1.10. The Bertz CT molecular complexity index is 323. The molecule has 0 radical (unpaired) electrons. The second-order valence-corrected chi connectivity index (χ2v) is 3.00. The van der Waals surface area contributed by atoms with Crippen LogP contribution in [0.25, 0.3) is 0 Å². The minimum Gasteiger partial charge on any atom is -0.227 e. The zero-order valence-electron chi connectivity index (χ0n) is 7.50. The third-order valence-electron chi connectivity index (χ3n) is 1.74. The maximum atomic E-state index is 8.52. The highest BCUT2D eigenvalue weighted by atomic mass is 14.9. The van der Waals surface area contributed by atoms with Gasteiger partial charge in [-0.3, -0.25) is 0 Å². The molecule has 0 unspecified atom stereocenters. The standard InChI is InChI=1S/C9H11N3/c1-6(2)8-5-11-9(4-10)12-7(8)3/h5-6H,1-3H3. The largest absolute Gasteiger partial charge is 0.232 e. The number of nitriles is 1. The van der Waals surface area contributed by atoms with Crippen molar-refractivity contribution in [2.45, 2.75) is 26.7 Å². The summed E-state index contributed by atoms with van der Waals surface area (Å²) in [5.41, 5.74) is 2.01. The highest BCUT2D eigenvalue weighted by Gasteiger charge is 2.05. The van der Waals surface area contributed by atoms with E-state index in [2.05, 4.69) is 23.8 Å². The van der Waals surface area contributed by atoms with Crippen LogP contribution in [0.5, 0.6) is 0 Å². The Morgan fingerprint density at radius 3 is 2.58 bits per heavy atom. The van der Waals surface area contributed by atoms with E-state index in [-0.39, 0.29) is 5.82 Å². The highest BCUT2D eigenvalue weighted by molar-refractivity contribution is 5.23. The molecular weight excluding hydrogens is 150 g/mol. The van der Waals surface area contributed by atoms with Crippen LogP contribution in [0, 0.1) is 18.3 Å². The zero-order valence-corrected chi connectivity index (χ0v) is 7.50. The van der Waals surface area contributed by atoms with E-state index in [1.807, 2.05) is 13.0 Å². The zero-order chi connectivity index (χ0) is 9.14. The van der Waals surface area contributed by atoms with Crippen LogP contribution in [-0.4, -0.2) is 9.97 Å². The van der Waals surface area contributed by atoms with Crippen LogP contribution >= 0.6 is 0 Å². The molecule has 0 saturated heterocycles. The molecular formula is C9H11N3. The molecule has 0 fully saturated rings. The monoisotopic (exact) mass is 161 g/mol. The van der Waals surface area contributed by atoms with Crippen molar-refractivity contribution in [1.82, 2.24) is 9.97 Å². The summed E-state index contributed by atoms with van der Waals surface area (Å²) >= 11 is 0. The van der Waals surface area contributed by atoms with Crippen molar-refractivity contribution in [3.8, 4) is 6.07 Å². The van der Waals surface area contributed by atoms with E-state index in [1.54, 1.807) is 6.20 Å². The first-order chi connectivity index (χ1) is 5.65. The van der Waals surface area contributed by atoms with Crippen LogP contribution in [0.3, 0.4) is 0 Å². The Morgan fingerprint density at radius 2 is 2.17 bits per heavy atom. The lowest BCUT2D eigenvalue weighted by Crippen LogP contribution is -1.99. The Kier molecular flexibility index (Phi) is 2.39. The average Bonchev–Trinajstić information content (AvgIpc) is 2.03. The lowest BCUT2D eigenvalue weighted by atomic mass is 10.0. The first kappa shape index (κ1) is 8.66. The summed E-state index contributed by atoms with van der Waals surface area (Å²) in [6.07, 6.45) is 1.73. The molecule has 0 aliphatic rings. The van der Waals surface area contributed by atoms with Gasteiger partial charge in [0.15, 0.2) is 0 Å². The summed E-state index contributed by atoms with van der Waals surface area (Å²) < 4.78 is 0. The molecule has 62 valence electrons. The molecule has 0 aliphatic carbocycles. The fraction of sp³-hybridized carbons (Fsp3) is 0.444. The molecule has 0 saturated carbocycles. The summed E-state index contributed by atoms with van der Waals surface area (Å²) in [7, 11) is 0. The van der Waals surface area contributed by atoms with Crippen LogP contribution in [-0.2, 0) is 0 Å². The van der Waals surface area contributed by atoms with Gasteiger partial charge in [-0.15, -0.1) is 0 Å². The van der Waals surface area contributed by atoms with Gasteiger partial charge < -0.3 is 0 Å². The van der Waals surface area contributed by atoms with Gasteiger partial charge in [0.2, 0.25) is 5.82 Å². The molecule has 0 N–H and O–H groups in total. The summed E-state index contributed by atoms with van der Waals surface area (Å²) in [6.45, 7) is 6.06. The van der Waals surface area contributed by atoms with Gasteiger partial charge in [-0.1, -0.05) is 13.8 Å². The van der Waals surface area contributed by atoms with Gasteiger partial charge in [0.25, 0.3) is 0 Å². The van der Waals surface area contributed by atoms with Crippen molar-refractivity contribution in [2.75, 3.05) is 0 Å². The van der Waals surface area contributed by atoms with Crippen molar-refractivity contribution < 1.29 is 0 Å². The predicted octanol–water partition coefficient (Wildman–Crippen LogP) is 1.78. The van der Waals surface area contributed by atoms with E-state index >= 15 is 0 Å². The normalized spacial score (nSPS) is 9.92. The van der Waals surface area contributed by atoms with E-state index in [9.17, 15) is 0 Å². The van der Waals surface area contributed by atoms with Gasteiger partial charge in [-0.25, -0.2) is 9.97 Å². The van der Waals surface area contributed by atoms with Gasteiger partial charge in [0, 0.05) is 11.9 Å². The van der Waals surface area contributed by atoms with E-state index < -0.39 is 0 Å². The van der Waals surface area contributed by atoms with E-state index in [0.717, 1.165) is 11.3 Å². The third-order valence-corrected chi connectivity index (χ3v) is 1.74. The smallest absolute Gasteiger partial charge is 0.227 e. The van der Waals surface area contributed by atoms with E-state index in [4.69, 9.17) is 5.26 Å². The minimum absolute atomic E-state index is 0.247. The lowest BCUT2D eigenvalue weighted by molar-refractivity contribution is 0.825. The molecule has 0 bridgehead atoms. The van der Waals surface area contributed by atoms with Crippen LogP contribution in [0.4, 0.5) is 0 Å². The predicted molar refractivity (Wildman–Crippen MR) is 45.6 cm³/mol. The molecule has 1 rings (SSSR count). The second kappa shape index (κ2) is 3.31. The van der Waals surface area contributed by atoms with E-state index in [1.165, 1.54) is 0 Å². The summed E-state index contributed by atoms with van der Waals surface area (Å²) in [5.74, 6) is 0.662. The van der Waals surface area contributed by atoms with Crippen LogP contribution < -0.4 is 0 Å². The molecule has 0 amide bonds. The summed E-state index contributed by atoms with van der Waals surface area (Å²) in [4.78, 5) is 7.95. The van der Waals surface area contributed by atoms with Crippen molar-refractivity contribution in [3.05, 3.63) is 23.3 Å². The lowest BCUT2D eigenvalue weighted by Gasteiger charge is -2.06. The van der Waals surface area contributed by atoms with Crippen molar-refractivity contribution in [3.63, 3.8) is 0 Å². The molecule has 0 atom stereocenters.